The molecule has 2 atom stereocenters. The number of methoxy groups -OCH3 is 1. The predicted molar refractivity (Wildman–Crippen MR) is 116 cm³/mol. The van der Waals surface area contributed by atoms with Crippen LogP contribution in [0.1, 0.15) is 30.4 Å². The Hall–Kier alpha value is -1.52. The molecule has 2 aromatic rings. The normalized spacial score (nSPS) is 22.3. The molecule has 1 fully saturated rings. The summed E-state index contributed by atoms with van der Waals surface area (Å²) in [6.07, 6.45) is 6.13. The van der Waals surface area contributed by atoms with Crippen LogP contribution >= 0.6 is 15.9 Å². The van der Waals surface area contributed by atoms with E-state index in [2.05, 4.69) is 62.5 Å². The third kappa shape index (κ3) is 4.67. The molecule has 3 nitrogen and oxygen atoms in total. The molecule has 0 aromatic heterocycles. The number of para-hydroxylation sites is 1. The maximum absolute atomic E-state index is 5.39. The maximum atomic E-state index is 5.39. The molecule has 4 heteroatoms. The summed E-state index contributed by atoms with van der Waals surface area (Å²) >= 11 is 3.70. The maximum Gasteiger partial charge on any atom is 0.119 e. The van der Waals surface area contributed by atoms with Gasteiger partial charge in [-0.2, -0.15) is 0 Å². The van der Waals surface area contributed by atoms with Crippen LogP contribution in [0.3, 0.4) is 0 Å². The monoisotopic (exact) mass is 428 g/mol. The van der Waals surface area contributed by atoms with Gasteiger partial charge in [0.25, 0.3) is 0 Å². The average molecular weight is 429 g/mol. The Morgan fingerprint density at radius 1 is 1.19 bits per heavy atom. The van der Waals surface area contributed by atoms with Crippen LogP contribution in [-0.2, 0) is 12.8 Å². The molecule has 144 valence electrons. The second kappa shape index (κ2) is 8.66. The van der Waals surface area contributed by atoms with Gasteiger partial charge in [0.05, 0.1) is 7.11 Å². The van der Waals surface area contributed by atoms with Crippen molar-refractivity contribution in [3.63, 3.8) is 0 Å². The van der Waals surface area contributed by atoms with Gasteiger partial charge in [-0.1, -0.05) is 34.1 Å². The molecule has 2 aromatic carbocycles. The molecule has 27 heavy (non-hydrogen) atoms. The minimum absolute atomic E-state index is 0.617. The van der Waals surface area contributed by atoms with Crippen molar-refractivity contribution in [2.75, 3.05) is 32.1 Å². The average Bonchev–Trinajstić information content (AvgIpc) is 3.15. The molecule has 1 saturated heterocycles. The molecule has 0 radical (unpaired) electrons. The summed E-state index contributed by atoms with van der Waals surface area (Å²) in [6, 6.07) is 15.7. The van der Waals surface area contributed by atoms with Gasteiger partial charge in [-0.15, -0.1) is 0 Å². The summed E-state index contributed by atoms with van der Waals surface area (Å²) in [5.41, 5.74) is 4.18. The van der Waals surface area contributed by atoms with E-state index in [1.165, 1.54) is 66.6 Å². The van der Waals surface area contributed by atoms with Crippen molar-refractivity contribution >= 4 is 21.6 Å². The molecule has 4 rings (SSSR count). The zero-order valence-electron chi connectivity index (χ0n) is 16.1. The number of hydrogen-bond donors (Lipinski definition) is 1. The van der Waals surface area contributed by atoms with Crippen molar-refractivity contribution in [3.05, 3.63) is 58.1 Å². The number of aryl methyl sites for hydroxylation is 1. The third-order valence-corrected chi connectivity index (χ3v) is 6.84. The van der Waals surface area contributed by atoms with Crippen LogP contribution in [0, 0.1) is 5.92 Å². The first-order valence-corrected chi connectivity index (χ1v) is 10.9. The van der Waals surface area contributed by atoms with Crippen molar-refractivity contribution < 1.29 is 4.74 Å². The first kappa shape index (κ1) is 18.8. The highest BCUT2D eigenvalue weighted by atomic mass is 79.9. The van der Waals surface area contributed by atoms with E-state index < -0.39 is 0 Å². The third-order valence-electron chi connectivity index (χ3n) is 6.06. The Labute approximate surface area is 171 Å². The smallest absolute Gasteiger partial charge is 0.119 e. The lowest BCUT2D eigenvalue weighted by atomic mass is 9.96. The van der Waals surface area contributed by atoms with Crippen LogP contribution in [0.15, 0.2) is 46.9 Å². The number of nitrogens with zero attached hydrogens (tertiary/aromatic N) is 1. The van der Waals surface area contributed by atoms with Crippen molar-refractivity contribution in [1.82, 2.24) is 4.90 Å². The van der Waals surface area contributed by atoms with Crippen molar-refractivity contribution in [2.24, 2.45) is 5.92 Å². The Kier molecular flexibility index (Phi) is 6.04. The minimum atomic E-state index is 0.617. The van der Waals surface area contributed by atoms with Crippen LogP contribution in [-0.4, -0.2) is 37.7 Å². The van der Waals surface area contributed by atoms with Gasteiger partial charge in [-0.25, -0.2) is 0 Å². The largest absolute Gasteiger partial charge is 0.497 e. The van der Waals surface area contributed by atoms with Gasteiger partial charge in [0.2, 0.25) is 0 Å². The molecule has 0 saturated carbocycles. The van der Waals surface area contributed by atoms with E-state index >= 15 is 0 Å². The molecular weight excluding hydrogens is 400 g/mol. The summed E-state index contributed by atoms with van der Waals surface area (Å²) in [7, 11) is 1.74. The predicted octanol–water partition coefficient (Wildman–Crippen LogP) is 5.14. The molecular formula is C23H29BrN2O. The molecule has 2 unspecified atom stereocenters. The highest BCUT2D eigenvalue weighted by molar-refractivity contribution is 9.10. The Morgan fingerprint density at radius 2 is 2.07 bits per heavy atom. The number of likely N-dealkylation sites (tertiary alicyclic amines) is 1. The fourth-order valence-electron chi connectivity index (χ4n) is 4.48. The lowest BCUT2D eigenvalue weighted by molar-refractivity contribution is 0.308. The van der Waals surface area contributed by atoms with Crippen LogP contribution in [0.4, 0.5) is 5.69 Å². The van der Waals surface area contributed by atoms with Gasteiger partial charge in [0, 0.05) is 29.3 Å². The van der Waals surface area contributed by atoms with Gasteiger partial charge in [-0.05, 0) is 80.0 Å². The summed E-state index contributed by atoms with van der Waals surface area (Å²) in [6.45, 7) is 3.65. The Morgan fingerprint density at radius 3 is 2.96 bits per heavy atom. The molecule has 0 spiro atoms. The van der Waals surface area contributed by atoms with E-state index in [-0.39, 0.29) is 0 Å². The van der Waals surface area contributed by atoms with Crippen LogP contribution < -0.4 is 10.1 Å². The summed E-state index contributed by atoms with van der Waals surface area (Å²) < 4.78 is 6.59. The Bertz CT molecular complexity index is 779. The summed E-state index contributed by atoms with van der Waals surface area (Å²) in [4.78, 5) is 2.65. The van der Waals surface area contributed by atoms with Crippen LogP contribution in [0.25, 0.3) is 0 Å². The zero-order chi connectivity index (χ0) is 18.6. The quantitative estimate of drug-likeness (QED) is 0.688. The molecule has 0 amide bonds. The second-order valence-electron chi connectivity index (χ2n) is 7.94. The highest BCUT2D eigenvalue weighted by Crippen LogP contribution is 2.29. The fraction of sp³-hybridized carbons (Fsp3) is 0.478. The summed E-state index contributed by atoms with van der Waals surface area (Å²) in [5.74, 6) is 1.69. The number of anilines is 1. The van der Waals surface area contributed by atoms with E-state index in [9.17, 15) is 0 Å². The highest BCUT2D eigenvalue weighted by Gasteiger charge is 2.25. The first-order chi connectivity index (χ1) is 13.2. The van der Waals surface area contributed by atoms with E-state index in [4.69, 9.17) is 4.74 Å². The Balaban J connectivity index is 1.26. The minimum Gasteiger partial charge on any atom is -0.497 e. The fourth-order valence-corrected chi connectivity index (χ4v) is 4.89. The van der Waals surface area contributed by atoms with Gasteiger partial charge in [0.1, 0.15) is 5.75 Å². The van der Waals surface area contributed by atoms with Gasteiger partial charge >= 0.3 is 0 Å². The van der Waals surface area contributed by atoms with Gasteiger partial charge in [-0.3, -0.25) is 0 Å². The van der Waals surface area contributed by atoms with Gasteiger partial charge in [0.15, 0.2) is 0 Å². The standard InChI is InChI=1S/C23H29BrN2O/c1-27-21-8-9-22(24)19(15-21)14-17-10-12-26(16-17)13-11-20-7-6-18-4-2-3-5-23(18)25-20/h2-5,8-9,15,17,20,25H,6-7,10-14,16H2,1H3. The van der Waals surface area contributed by atoms with E-state index in [0.717, 1.165) is 18.1 Å². The second-order valence-corrected chi connectivity index (χ2v) is 8.80. The molecule has 2 heterocycles. The number of fused-ring (bicyclic) bond motifs is 1. The SMILES string of the molecule is COc1ccc(Br)c(CC2CCN(CCC3CCc4ccccc4N3)C2)c1. The molecule has 0 aliphatic carbocycles. The molecule has 0 bridgehead atoms. The lowest BCUT2D eigenvalue weighted by Gasteiger charge is -2.28. The number of nitrogens with one attached hydrogen (secondary N) is 1. The molecule has 2 aliphatic heterocycles. The van der Waals surface area contributed by atoms with E-state index in [1.54, 1.807) is 7.11 Å². The first-order valence-electron chi connectivity index (χ1n) is 10.1. The molecule has 2 aliphatic rings. The van der Waals surface area contributed by atoms with Crippen molar-refractivity contribution in [3.8, 4) is 5.75 Å². The van der Waals surface area contributed by atoms with E-state index in [0.29, 0.717) is 6.04 Å². The van der Waals surface area contributed by atoms with Crippen LogP contribution in [0.5, 0.6) is 5.75 Å². The zero-order valence-corrected chi connectivity index (χ0v) is 17.7. The number of hydrogen-bond acceptors (Lipinski definition) is 3. The topological polar surface area (TPSA) is 24.5 Å². The van der Waals surface area contributed by atoms with Gasteiger partial charge < -0.3 is 15.0 Å². The van der Waals surface area contributed by atoms with Crippen LogP contribution in [0.2, 0.25) is 0 Å². The number of ether oxygens (including phenoxy) is 1. The molecule has 1 N–H and O–H groups in total. The van der Waals surface area contributed by atoms with Crippen molar-refractivity contribution in [2.45, 2.75) is 38.1 Å². The summed E-state index contributed by atoms with van der Waals surface area (Å²) in [5, 5.41) is 3.75. The number of halogens is 1. The number of rotatable bonds is 6. The number of benzene rings is 2. The van der Waals surface area contributed by atoms with Crippen molar-refractivity contribution in [1.29, 1.82) is 0 Å². The lowest BCUT2D eigenvalue weighted by Crippen LogP contribution is -2.31. The van der Waals surface area contributed by atoms with E-state index in [1.807, 2.05) is 6.07 Å².